The molecule has 1 heteroatoms. The molecule has 1 rings (SSSR count). The monoisotopic (exact) mass is 127 g/mol. The van der Waals surface area contributed by atoms with Crippen LogP contribution in [0.5, 0.6) is 0 Å². The highest BCUT2D eigenvalue weighted by atomic mass is 15.1. The first-order valence-corrected chi connectivity index (χ1v) is 3.79. The molecule has 0 radical (unpaired) electrons. The molecule has 0 aromatic carbocycles. The molecule has 1 atom stereocenters. The van der Waals surface area contributed by atoms with Gasteiger partial charge in [0, 0.05) is 12.1 Å². The lowest BCUT2D eigenvalue weighted by molar-refractivity contribution is 0.0943. The van der Waals surface area contributed by atoms with Gasteiger partial charge in [-0.05, 0) is 25.7 Å². The first-order valence-electron chi connectivity index (χ1n) is 3.79. The van der Waals surface area contributed by atoms with E-state index in [1.165, 1.54) is 6.54 Å². The lowest BCUT2D eigenvalue weighted by Gasteiger charge is -2.48. The van der Waals surface area contributed by atoms with Crippen LogP contribution >= 0.6 is 0 Å². The Labute approximate surface area is 57.8 Å². The van der Waals surface area contributed by atoms with Gasteiger partial charge in [-0.1, -0.05) is 13.8 Å². The van der Waals surface area contributed by atoms with Gasteiger partial charge in [-0.2, -0.15) is 0 Å². The number of hydrogen-bond acceptors (Lipinski definition) is 1. The summed E-state index contributed by atoms with van der Waals surface area (Å²) in [7, 11) is 0. The summed E-state index contributed by atoms with van der Waals surface area (Å²) < 4.78 is 0. The van der Waals surface area contributed by atoms with Crippen molar-refractivity contribution in [3.05, 3.63) is 0 Å². The highest BCUT2D eigenvalue weighted by Crippen LogP contribution is 2.31. The molecule has 54 valence electrons. The highest BCUT2D eigenvalue weighted by Gasteiger charge is 2.39. The zero-order chi connectivity index (χ0) is 7.07. The average Bonchev–Trinajstić information content (AvgIpc) is 1.62. The Bertz CT molecular complexity index is 105. The van der Waals surface area contributed by atoms with E-state index >= 15 is 0 Å². The molecule has 0 aromatic heterocycles. The quantitative estimate of drug-likeness (QED) is 0.564. The van der Waals surface area contributed by atoms with Crippen molar-refractivity contribution in [2.45, 2.75) is 33.2 Å². The van der Waals surface area contributed by atoms with Gasteiger partial charge in [0.2, 0.25) is 0 Å². The molecule has 0 aromatic rings. The minimum absolute atomic E-state index is 0.411. The van der Waals surface area contributed by atoms with Crippen LogP contribution in [0, 0.1) is 11.8 Å². The van der Waals surface area contributed by atoms with Crippen LogP contribution in [0.15, 0.2) is 0 Å². The average molecular weight is 127 g/mol. The van der Waals surface area contributed by atoms with Crippen molar-refractivity contribution in [3.63, 3.8) is 0 Å². The van der Waals surface area contributed by atoms with Crippen molar-refractivity contribution in [3.8, 4) is 0 Å². The van der Waals surface area contributed by atoms with Crippen molar-refractivity contribution in [2.24, 2.45) is 11.8 Å². The molecular weight excluding hydrogens is 110 g/mol. The molecule has 1 nitrogen and oxygen atoms in total. The third-order valence-corrected chi connectivity index (χ3v) is 2.51. The van der Waals surface area contributed by atoms with E-state index in [2.05, 4.69) is 33.0 Å². The van der Waals surface area contributed by atoms with E-state index in [0.717, 1.165) is 11.8 Å². The fourth-order valence-corrected chi connectivity index (χ4v) is 1.70. The zero-order valence-electron chi connectivity index (χ0n) is 6.86. The third kappa shape index (κ3) is 1.11. The third-order valence-electron chi connectivity index (χ3n) is 2.51. The summed E-state index contributed by atoms with van der Waals surface area (Å²) in [5.74, 6) is 1.72. The Balaban J connectivity index is 2.45. The van der Waals surface area contributed by atoms with Gasteiger partial charge in [0.25, 0.3) is 0 Å². The van der Waals surface area contributed by atoms with Crippen LogP contribution in [-0.2, 0) is 0 Å². The van der Waals surface area contributed by atoms with E-state index in [1.54, 1.807) is 0 Å². The van der Waals surface area contributed by atoms with E-state index in [4.69, 9.17) is 0 Å². The van der Waals surface area contributed by atoms with Gasteiger partial charge < -0.3 is 5.32 Å². The SMILES string of the molecule is CC(C)C1CNC1(C)C. The topological polar surface area (TPSA) is 12.0 Å². The summed E-state index contributed by atoms with van der Waals surface area (Å²) in [6.07, 6.45) is 0. The standard InChI is InChI=1S/C8H17N/c1-6(2)7-5-9-8(7,3)4/h6-7,9H,5H2,1-4H3. The second-order valence-electron chi connectivity index (χ2n) is 3.95. The van der Waals surface area contributed by atoms with Crippen molar-refractivity contribution in [2.75, 3.05) is 6.54 Å². The molecule has 0 spiro atoms. The van der Waals surface area contributed by atoms with E-state index in [-0.39, 0.29) is 0 Å². The maximum atomic E-state index is 3.42. The van der Waals surface area contributed by atoms with Gasteiger partial charge in [0.1, 0.15) is 0 Å². The van der Waals surface area contributed by atoms with Crippen LogP contribution in [0.4, 0.5) is 0 Å². The second-order valence-corrected chi connectivity index (χ2v) is 3.95. The summed E-state index contributed by atoms with van der Waals surface area (Å²) >= 11 is 0. The smallest absolute Gasteiger partial charge is 0.0168 e. The number of hydrogen-bond donors (Lipinski definition) is 1. The molecule has 1 heterocycles. The summed E-state index contributed by atoms with van der Waals surface area (Å²) in [4.78, 5) is 0. The minimum atomic E-state index is 0.411. The largest absolute Gasteiger partial charge is 0.311 e. The fourth-order valence-electron chi connectivity index (χ4n) is 1.70. The van der Waals surface area contributed by atoms with Gasteiger partial charge in [-0.25, -0.2) is 0 Å². The van der Waals surface area contributed by atoms with Crippen LogP contribution < -0.4 is 5.32 Å². The van der Waals surface area contributed by atoms with Crippen LogP contribution in [0.2, 0.25) is 0 Å². The molecule has 9 heavy (non-hydrogen) atoms. The van der Waals surface area contributed by atoms with E-state index in [9.17, 15) is 0 Å². The Morgan fingerprint density at radius 2 is 2.00 bits per heavy atom. The molecule has 1 fully saturated rings. The minimum Gasteiger partial charge on any atom is -0.311 e. The predicted molar refractivity (Wildman–Crippen MR) is 40.4 cm³/mol. The van der Waals surface area contributed by atoms with E-state index < -0.39 is 0 Å². The summed E-state index contributed by atoms with van der Waals surface area (Å²) in [6.45, 7) is 10.4. The molecule has 1 N–H and O–H groups in total. The maximum absolute atomic E-state index is 3.42. The molecule has 1 aliphatic rings. The Morgan fingerprint density at radius 3 is 2.00 bits per heavy atom. The van der Waals surface area contributed by atoms with Crippen molar-refractivity contribution >= 4 is 0 Å². The molecule has 0 saturated carbocycles. The van der Waals surface area contributed by atoms with Gasteiger partial charge >= 0.3 is 0 Å². The Morgan fingerprint density at radius 1 is 1.44 bits per heavy atom. The Hall–Kier alpha value is -0.0400. The van der Waals surface area contributed by atoms with Crippen molar-refractivity contribution in [1.29, 1.82) is 0 Å². The van der Waals surface area contributed by atoms with Gasteiger partial charge in [0.05, 0.1) is 0 Å². The van der Waals surface area contributed by atoms with Crippen molar-refractivity contribution < 1.29 is 0 Å². The van der Waals surface area contributed by atoms with Gasteiger partial charge in [-0.3, -0.25) is 0 Å². The number of rotatable bonds is 1. The summed E-state index contributed by atoms with van der Waals surface area (Å²) in [5.41, 5.74) is 0.411. The lowest BCUT2D eigenvalue weighted by Crippen LogP contribution is -2.62. The molecule has 0 bridgehead atoms. The molecular formula is C8H17N. The summed E-state index contributed by atoms with van der Waals surface area (Å²) in [6, 6.07) is 0. The summed E-state index contributed by atoms with van der Waals surface area (Å²) in [5, 5.41) is 3.42. The molecule has 1 unspecified atom stereocenters. The van der Waals surface area contributed by atoms with Gasteiger partial charge in [0.15, 0.2) is 0 Å². The molecule has 1 aliphatic heterocycles. The van der Waals surface area contributed by atoms with Crippen molar-refractivity contribution in [1.82, 2.24) is 5.32 Å². The first-order chi connectivity index (χ1) is 4.04. The maximum Gasteiger partial charge on any atom is 0.0168 e. The zero-order valence-corrected chi connectivity index (χ0v) is 6.86. The molecule has 0 amide bonds. The molecule has 1 saturated heterocycles. The Kier molecular flexibility index (Phi) is 1.55. The number of nitrogens with one attached hydrogen (secondary N) is 1. The van der Waals surface area contributed by atoms with Crippen LogP contribution in [0.25, 0.3) is 0 Å². The highest BCUT2D eigenvalue weighted by molar-refractivity contribution is 4.97. The van der Waals surface area contributed by atoms with E-state index in [1.807, 2.05) is 0 Å². The predicted octanol–water partition coefficient (Wildman–Crippen LogP) is 1.64. The first kappa shape index (κ1) is 7.07. The van der Waals surface area contributed by atoms with Crippen LogP contribution in [0.1, 0.15) is 27.7 Å². The van der Waals surface area contributed by atoms with E-state index in [0.29, 0.717) is 5.54 Å². The fraction of sp³-hybridized carbons (Fsp3) is 1.00. The van der Waals surface area contributed by atoms with Gasteiger partial charge in [-0.15, -0.1) is 0 Å². The second kappa shape index (κ2) is 1.98. The molecule has 0 aliphatic carbocycles. The normalized spacial score (nSPS) is 32.3. The van der Waals surface area contributed by atoms with Crippen LogP contribution in [0.3, 0.4) is 0 Å². The lowest BCUT2D eigenvalue weighted by atomic mass is 9.73. The van der Waals surface area contributed by atoms with Crippen LogP contribution in [-0.4, -0.2) is 12.1 Å².